The molecule has 2 bridgehead atoms. The molecule has 2 aromatic rings. The minimum atomic E-state index is -0.942. The van der Waals surface area contributed by atoms with E-state index in [-0.39, 0.29) is 23.7 Å². The first-order valence-electron chi connectivity index (χ1n) is 13.3. The lowest BCUT2D eigenvalue weighted by Crippen LogP contribution is -2.78. The van der Waals surface area contributed by atoms with E-state index in [1.807, 2.05) is 25.2 Å². The minimum absolute atomic E-state index is 0.0355. The molecule has 3 heterocycles. The number of hydrogen-bond donors (Lipinski definition) is 2. The summed E-state index contributed by atoms with van der Waals surface area (Å²) in [7, 11) is 1.83. The van der Waals surface area contributed by atoms with Gasteiger partial charge < -0.3 is 19.8 Å². The van der Waals surface area contributed by atoms with Gasteiger partial charge in [-0.3, -0.25) is 14.7 Å². The second-order valence-corrected chi connectivity index (χ2v) is 11.5. The zero-order chi connectivity index (χ0) is 24.7. The number of likely N-dealkylation sites (N-methyl/N-ethyl adjacent to an activating group) is 1. The highest BCUT2D eigenvalue weighted by atomic mass is 16.5. The van der Waals surface area contributed by atoms with Crippen molar-refractivity contribution in [3.63, 3.8) is 0 Å². The Labute approximate surface area is 211 Å². The van der Waals surface area contributed by atoms with Crippen molar-refractivity contribution in [1.29, 1.82) is 0 Å². The number of aliphatic hydroxyl groups is 1. The van der Waals surface area contributed by atoms with E-state index in [0.717, 1.165) is 43.0 Å². The second kappa shape index (κ2) is 7.80. The Kier molecular flexibility index (Phi) is 4.83. The Bertz CT molecular complexity index is 1240. The number of phenols is 1. The van der Waals surface area contributed by atoms with Gasteiger partial charge in [-0.05, 0) is 80.3 Å². The van der Waals surface area contributed by atoms with Gasteiger partial charge in [-0.15, -0.1) is 0 Å². The molecule has 0 unspecified atom stereocenters. The number of nitrogens with zero attached hydrogens (tertiary/aromatic N) is 3. The molecule has 1 amide bonds. The number of carbonyl (C=O) groups excluding carboxylic acids is 1. The first-order chi connectivity index (χ1) is 17.4. The maximum atomic E-state index is 13.3. The third kappa shape index (κ3) is 2.99. The number of aromatic hydroxyl groups is 1. The summed E-state index contributed by atoms with van der Waals surface area (Å²) in [5.74, 6) is 1.29. The number of aromatic nitrogens is 1. The van der Waals surface area contributed by atoms with Crippen molar-refractivity contribution in [3.05, 3.63) is 59.4 Å². The summed E-state index contributed by atoms with van der Waals surface area (Å²) in [6.07, 6.45) is 11.8. The van der Waals surface area contributed by atoms with Crippen LogP contribution in [0.1, 0.15) is 48.8 Å². The molecule has 1 aromatic carbocycles. The number of pyridine rings is 1. The molecule has 2 N–H and O–H groups in total. The Hall–Kier alpha value is -2.90. The molecular formula is C29H33N3O4. The minimum Gasteiger partial charge on any atom is -0.504 e. The molecule has 1 saturated heterocycles. The van der Waals surface area contributed by atoms with Gasteiger partial charge in [0, 0.05) is 43.7 Å². The Morgan fingerprint density at radius 2 is 2.14 bits per heavy atom. The largest absolute Gasteiger partial charge is 0.504 e. The summed E-state index contributed by atoms with van der Waals surface area (Å²) >= 11 is 0. The van der Waals surface area contributed by atoms with E-state index in [9.17, 15) is 15.0 Å². The number of likely N-dealkylation sites (tertiary alicyclic amines) is 1. The molecule has 1 aromatic heterocycles. The fraction of sp³-hybridized carbons (Fsp3) is 0.517. The van der Waals surface area contributed by atoms with Gasteiger partial charge in [0.25, 0.3) is 0 Å². The first kappa shape index (κ1) is 22.3. The Morgan fingerprint density at radius 1 is 1.28 bits per heavy atom. The monoisotopic (exact) mass is 487 g/mol. The van der Waals surface area contributed by atoms with Crippen LogP contribution in [0.25, 0.3) is 6.08 Å². The summed E-state index contributed by atoms with van der Waals surface area (Å²) in [5.41, 5.74) is 1.47. The number of benzene rings is 1. The number of amides is 1. The molecule has 2 aliphatic heterocycles. The zero-order valence-corrected chi connectivity index (χ0v) is 20.6. The lowest BCUT2D eigenvalue weighted by Gasteiger charge is -2.64. The number of rotatable bonds is 5. The van der Waals surface area contributed by atoms with Crippen LogP contribution in [0, 0.1) is 5.92 Å². The molecule has 188 valence electrons. The van der Waals surface area contributed by atoms with Gasteiger partial charge in [0.05, 0.1) is 17.1 Å². The maximum Gasteiger partial charge on any atom is 0.246 e. The van der Waals surface area contributed by atoms with E-state index in [2.05, 4.69) is 9.88 Å². The van der Waals surface area contributed by atoms with Gasteiger partial charge in [0.1, 0.15) is 6.10 Å². The molecule has 3 fully saturated rings. The maximum absolute atomic E-state index is 13.3. The molecule has 0 radical (unpaired) electrons. The standard InChI is InChI=1S/C29H33N3O4/c1-31(24(34)9-6-18-3-2-13-30-16-18)21-10-11-29(35)23-15-20-7-8-22(33)26-25(20)28(29,27(21)36-26)12-14-32(23)17-19-4-5-19/h2-3,6-9,13,16,19,21,23,27,33,35H,4-5,10-12,14-15,17H2,1H3/t21-,23-,27+,28+,29-/m1/s1. The van der Waals surface area contributed by atoms with Gasteiger partial charge in [-0.25, -0.2) is 0 Å². The van der Waals surface area contributed by atoms with E-state index in [1.165, 1.54) is 18.4 Å². The number of hydrogen-bond acceptors (Lipinski definition) is 6. The van der Waals surface area contributed by atoms with Crippen molar-refractivity contribution < 1.29 is 19.7 Å². The smallest absolute Gasteiger partial charge is 0.246 e. The van der Waals surface area contributed by atoms with Gasteiger partial charge in [0.15, 0.2) is 11.5 Å². The predicted octanol–water partition coefficient (Wildman–Crippen LogP) is 2.89. The Balaban J connectivity index is 1.26. The van der Waals surface area contributed by atoms with Crippen molar-refractivity contribution in [2.24, 2.45) is 5.92 Å². The van der Waals surface area contributed by atoms with Gasteiger partial charge in [0.2, 0.25) is 5.91 Å². The van der Waals surface area contributed by atoms with Gasteiger partial charge in [-0.2, -0.15) is 0 Å². The number of piperidine rings is 1. The fourth-order valence-electron chi connectivity index (χ4n) is 7.78. The van der Waals surface area contributed by atoms with E-state index in [1.54, 1.807) is 35.5 Å². The molecule has 5 atom stereocenters. The van der Waals surface area contributed by atoms with Crippen molar-refractivity contribution in [3.8, 4) is 11.5 Å². The summed E-state index contributed by atoms with van der Waals surface area (Å²) in [5, 5.41) is 23.4. The third-order valence-electron chi connectivity index (χ3n) is 9.68. The molecule has 5 aliphatic rings. The highest BCUT2D eigenvalue weighted by Gasteiger charge is 2.73. The lowest BCUT2D eigenvalue weighted by molar-refractivity contribution is -0.200. The number of carbonyl (C=O) groups is 1. The van der Waals surface area contributed by atoms with E-state index in [0.29, 0.717) is 18.6 Å². The molecule has 1 spiro atoms. The zero-order valence-electron chi connectivity index (χ0n) is 20.6. The normalized spacial score (nSPS) is 34.3. The van der Waals surface area contributed by atoms with E-state index < -0.39 is 17.1 Å². The molecule has 7 nitrogen and oxygen atoms in total. The summed E-state index contributed by atoms with van der Waals surface area (Å²) in [4.78, 5) is 21.7. The topological polar surface area (TPSA) is 86.1 Å². The van der Waals surface area contributed by atoms with Crippen molar-refractivity contribution >= 4 is 12.0 Å². The highest BCUT2D eigenvalue weighted by molar-refractivity contribution is 5.92. The summed E-state index contributed by atoms with van der Waals surface area (Å²) in [6, 6.07) is 7.34. The van der Waals surface area contributed by atoms with Gasteiger partial charge >= 0.3 is 0 Å². The fourth-order valence-corrected chi connectivity index (χ4v) is 7.78. The molecular weight excluding hydrogens is 454 g/mol. The van der Waals surface area contributed by atoms with Crippen molar-refractivity contribution in [2.45, 2.75) is 67.7 Å². The van der Waals surface area contributed by atoms with E-state index in [4.69, 9.17) is 4.74 Å². The summed E-state index contributed by atoms with van der Waals surface area (Å²) < 4.78 is 6.59. The molecule has 3 aliphatic carbocycles. The van der Waals surface area contributed by atoms with Crippen LogP contribution in [0.2, 0.25) is 0 Å². The second-order valence-electron chi connectivity index (χ2n) is 11.5. The number of phenolic OH excluding ortho intramolecular Hbond substituents is 1. The van der Waals surface area contributed by atoms with Crippen LogP contribution in [0.15, 0.2) is 42.7 Å². The van der Waals surface area contributed by atoms with Crippen LogP contribution < -0.4 is 4.74 Å². The lowest BCUT2D eigenvalue weighted by atomic mass is 9.48. The Morgan fingerprint density at radius 3 is 2.92 bits per heavy atom. The molecule has 36 heavy (non-hydrogen) atoms. The molecule has 7 rings (SSSR count). The quantitative estimate of drug-likeness (QED) is 0.631. The van der Waals surface area contributed by atoms with E-state index >= 15 is 0 Å². The van der Waals surface area contributed by atoms with Crippen LogP contribution in [-0.4, -0.2) is 74.8 Å². The van der Waals surface area contributed by atoms with Crippen LogP contribution in [0.5, 0.6) is 11.5 Å². The highest BCUT2D eigenvalue weighted by Crippen LogP contribution is 2.66. The third-order valence-corrected chi connectivity index (χ3v) is 9.68. The first-order valence-corrected chi connectivity index (χ1v) is 13.3. The molecule has 2 saturated carbocycles. The van der Waals surface area contributed by atoms with Gasteiger partial charge in [-0.1, -0.05) is 12.1 Å². The summed E-state index contributed by atoms with van der Waals surface area (Å²) in [6.45, 7) is 1.96. The van der Waals surface area contributed by atoms with Crippen LogP contribution in [0.4, 0.5) is 0 Å². The van der Waals surface area contributed by atoms with Crippen LogP contribution in [-0.2, 0) is 16.6 Å². The van der Waals surface area contributed by atoms with Crippen molar-refractivity contribution in [2.75, 3.05) is 20.1 Å². The van der Waals surface area contributed by atoms with Crippen LogP contribution in [0.3, 0.4) is 0 Å². The van der Waals surface area contributed by atoms with Crippen molar-refractivity contribution in [1.82, 2.24) is 14.8 Å². The average molecular weight is 488 g/mol. The SMILES string of the molecule is CN(C(=O)C=Cc1cccnc1)[C@@H]1CC[C@@]2(O)[C@H]3Cc4ccc(O)c5c4[C@@]2(CCN3CC2CC2)[C@H]1O5. The molecule has 7 heteroatoms. The number of ether oxygens (including phenoxy) is 1. The van der Waals surface area contributed by atoms with Crippen LogP contribution >= 0.6 is 0 Å². The average Bonchev–Trinajstić information content (AvgIpc) is 3.63. The predicted molar refractivity (Wildman–Crippen MR) is 135 cm³/mol.